The van der Waals surface area contributed by atoms with Crippen molar-refractivity contribution >= 4 is 11.4 Å². The van der Waals surface area contributed by atoms with Crippen LogP contribution in [-0.4, -0.2) is 51.1 Å². The molecule has 0 N–H and O–H groups in total. The van der Waals surface area contributed by atoms with Gasteiger partial charge in [-0.15, -0.1) is 0 Å². The van der Waals surface area contributed by atoms with Gasteiger partial charge in [0.25, 0.3) is 0 Å². The van der Waals surface area contributed by atoms with Crippen LogP contribution in [0.1, 0.15) is 12.5 Å². The van der Waals surface area contributed by atoms with Gasteiger partial charge in [-0.05, 0) is 37.3 Å². The summed E-state index contributed by atoms with van der Waals surface area (Å²) >= 11 is 0. The summed E-state index contributed by atoms with van der Waals surface area (Å²) in [6.07, 6.45) is 0. The fourth-order valence-electron chi connectivity index (χ4n) is 3.02. The van der Waals surface area contributed by atoms with Crippen LogP contribution < -0.4 is 14.4 Å². The monoisotopic (exact) mass is 339 g/mol. The second kappa shape index (κ2) is 7.92. The molecule has 0 spiro atoms. The summed E-state index contributed by atoms with van der Waals surface area (Å²) in [6, 6.07) is 16.4. The normalized spacial score (nSPS) is 15.2. The molecule has 2 aromatic rings. The van der Waals surface area contributed by atoms with Gasteiger partial charge >= 0.3 is 0 Å². The highest BCUT2D eigenvalue weighted by Crippen LogP contribution is 2.28. The number of ether oxygens (including phenoxy) is 2. The van der Waals surface area contributed by atoms with Crippen LogP contribution in [0.2, 0.25) is 0 Å². The zero-order chi connectivity index (χ0) is 17.6. The lowest BCUT2D eigenvalue weighted by Crippen LogP contribution is -2.44. The number of para-hydroxylation sites is 1. The number of piperazine rings is 1. The number of benzene rings is 2. The zero-order valence-corrected chi connectivity index (χ0v) is 15.1. The molecule has 25 heavy (non-hydrogen) atoms. The third kappa shape index (κ3) is 4.05. The predicted octanol–water partition coefficient (Wildman–Crippen LogP) is 3.25. The van der Waals surface area contributed by atoms with E-state index in [0.29, 0.717) is 0 Å². The van der Waals surface area contributed by atoms with Crippen molar-refractivity contribution in [1.29, 1.82) is 0 Å². The van der Waals surface area contributed by atoms with Gasteiger partial charge in [-0.1, -0.05) is 18.2 Å². The third-order valence-electron chi connectivity index (χ3n) is 4.47. The van der Waals surface area contributed by atoms with E-state index in [1.165, 1.54) is 5.69 Å². The minimum Gasteiger partial charge on any atom is -0.493 e. The first kappa shape index (κ1) is 17.1. The number of rotatable bonds is 5. The van der Waals surface area contributed by atoms with Crippen molar-refractivity contribution in [2.45, 2.75) is 6.92 Å². The Morgan fingerprint density at radius 2 is 1.56 bits per heavy atom. The Morgan fingerprint density at radius 3 is 2.20 bits per heavy atom. The molecule has 0 unspecified atom stereocenters. The van der Waals surface area contributed by atoms with Crippen LogP contribution in [0.4, 0.5) is 5.69 Å². The van der Waals surface area contributed by atoms with Gasteiger partial charge in [-0.25, -0.2) is 0 Å². The van der Waals surface area contributed by atoms with E-state index in [0.717, 1.165) is 49.0 Å². The first-order chi connectivity index (χ1) is 12.2. The maximum absolute atomic E-state index is 5.38. The summed E-state index contributed by atoms with van der Waals surface area (Å²) < 4.78 is 10.7. The third-order valence-corrected chi connectivity index (χ3v) is 4.47. The first-order valence-corrected chi connectivity index (χ1v) is 8.54. The first-order valence-electron chi connectivity index (χ1n) is 8.54. The Balaban J connectivity index is 1.66. The molecule has 0 saturated carbocycles. The lowest BCUT2D eigenvalue weighted by Gasteiger charge is -2.35. The van der Waals surface area contributed by atoms with Crippen LogP contribution in [0, 0.1) is 0 Å². The Bertz CT molecular complexity index is 723. The average molecular weight is 339 g/mol. The van der Waals surface area contributed by atoms with Crippen LogP contribution in [-0.2, 0) is 0 Å². The lowest BCUT2D eigenvalue weighted by molar-refractivity contribution is 0.270. The van der Waals surface area contributed by atoms with Gasteiger partial charge in [0, 0.05) is 24.3 Å². The summed E-state index contributed by atoms with van der Waals surface area (Å²) in [4.78, 5) is 2.40. The van der Waals surface area contributed by atoms with Crippen LogP contribution in [0.25, 0.3) is 0 Å². The summed E-state index contributed by atoms with van der Waals surface area (Å²) in [6.45, 7) is 5.82. The van der Waals surface area contributed by atoms with Crippen molar-refractivity contribution in [1.82, 2.24) is 5.01 Å². The minimum atomic E-state index is 0.725. The molecule has 132 valence electrons. The maximum atomic E-state index is 5.38. The predicted molar refractivity (Wildman–Crippen MR) is 102 cm³/mol. The van der Waals surface area contributed by atoms with Crippen LogP contribution >= 0.6 is 0 Å². The highest BCUT2D eigenvalue weighted by atomic mass is 16.5. The van der Waals surface area contributed by atoms with E-state index in [9.17, 15) is 0 Å². The Hall–Kier alpha value is -2.69. The molecule has 2 aromatic carbocycles. The van der Waals surface area contributed by atoms with E-state index in [1.54, 1.807) is 14.2 Å². The number of hydrogen-bond acceptors (Lipinski definition) is 5. The molecule has 1 aliphatic rings. The second-order valence-corrected chi connectivity index (χ2v) is 6.03. The molecule has 3 rings (SSSR count). The van der Waals surface area contributed by atoms with Gasteiger partial charge in [-0.3, -0.25) is 5.01 Å². The number of nitrogens with zero attached hydrogens (tertiary/aromatic N) is 3. The SMILES string of the molecule is COc1ccc(/C(C)=N\N2CCN(c3ccccc3)CC2)cc1OC. The van der Waals surface area contributed by atoms with Crippen molar-refractivity contribution < 1.29 is 9.47 Å². The highest BCUT2D eigenvalue weighted by molar-refractivity contribution is 5.99. The zero-order valence-electron chi connectivity index (χ0n) is 15.1. The molecule has 1 heterocycles. The van der Waals surface area contributed by atoms with E-state index < -0.39 is 0 Å². The van der Waals surface area contributed by atoms with E-state index in [1.807, 2.05) is 25.1 Å². The summed E-state index contributed by atoms with van der Waals surface area (Å²) in [5.41, 5.74) is 3.31. The fourth-order valence-corrected chi connectivity index (χ4v) is 3.02. The Kier molecular flexibility index (Phi) is 5.43. The molecule has 1 aliphatic heterocycles. The molecule has 0 aliphatic carbocycles. The fraction of sp³-hybridized carbons (Fsp3) is 0.350. The Labute approximate surface area is 149 Å². The van der Waals surface area contributed by atoms with Crippen molar-refractivity contribution in [3.63, 3.8) is 0 Å². The topological polar surface area (TPSA) is 37.3 Å². The van der Waals surface area contributed by atoms with Crippen LogP contribution in [0.5, 0.6) is 11.5 Å². The van der Waals surface area contributed by atoms with Crippen LogP contribution in [0.15, 0.2) is 53.6 Å². The number of anilines is 1. The smallest absolute Gasteiger partial charge is 0.161 e. The number of hydrazone groups is 1. The highest BCUT2D eigenvalue weighted by Gasteiger charge is 2.16. The summed E-state index contributed by atoms with van der Waals surface area (Å²) in [5, 5.41) is 6.94. The van der Waals surface area contributed by atoms with Crippen molar-refractivity contribution in [3.05, 3.63) is 54.1 Å². The molecule has 0 bridgehead atoms. The van der Waals surface area contributed by atoms with E-state index >= 15 is 0 Å². The molecule has 1 fully saturated rings. The quantitative estimate of drug-likeness (QED) is 0.784. The molecule has 5 heteroatoms. The largest absolute Gasteiger partial charge is 0.493 e. The molecule has 5 nitrogen and oxygen atoms in total. The van der Waals surface area contributed by atoms with Crippen molar-refractivity contribution in [3.8, 4) is 11.5 Å². The number of methoxy groups -OCH3 is 2. The van der Waals surface area contributed by atoms with Gasteiger partial charge in [0.15, 0.2) is 11.5 Å². The molecule has 0 atom stereocenters. The second-order valence-electron chi connectivity index (χ2n) is 6.03. The lowest BCUT2D eigenvalue weighted by atomic mass is 10.1. The molecule has 0 radical (unpaired) electrons. The van der Waals surface area contributed by atoms with Gasteiger partial charge in [0.1, 0.15) is 0 Å². The van der Waals surface area contributed by atoms with E-state index in [-0.39, 0.29) is 0 Å². The van der Waals surface area contributed by atoms with Gasteiger partial charge in [0.05, 0.1) is 33.0 Å². The van der Waals surface area contributed by atoms with E-state index in [4.69, 9.17) is 14.6 Å². The number of hydrogen-bond donors (Lipinski definition) is 0. The molecular weight excluding hydrogens is 314 g/mol. The van der Waals surface area contributed by atoms with Gasteiger partial charge in [-0.2, -0.15) is 5.10 Å². The van der Waals surface area contributed by atoms with Crippen LogP contribution in [0.3, 0.4) is 0 Å². The molecule has 0 amide bonds. The maximum Gasteiger partial charge on any atom is 0.161 e. The average Bonchev–Trinajstić information content (AvgIpc) is 2.68. The molecule has 0 aromatic heterocycles. The Morgan fingerprint density at radius 1 is 0.880 bits per heavy atom. The standard InChI is InChI=1S/C20H25N3O2/c1-16(17-9-10-19(24-2)20(15-17)25-3)21-23-13-11-22(12-14-23)18-7-5-4-6-8-18/h4-10,15H,11-14H2,1-3H3/b21-16-. The van der Waals surface area contributed by atoms with E-state index in [2.05, 4.69) is 40.2 Å². The van der Waals surface area contributed by atoms with Gasteiger partial charge in [0.2, 0.25) is 0 Å². The summed E-state index contributed by atoms with van der Waals surface area (Å²) in [5.74, 6) is 1.46. The van der Waals surface area contributed by atoms with Crippen molar-refractivity contribution in [2.24, 2.45) is 5.10 Å². The minimum absolute atomic E-state index is 0.725. The molecule has 1 saturated heterocycles. The van der Waals surface area contributed by atoms with Crippen molar-refractivity contribution in [2.75, 3.05) is 45.3 Å². The summed E-state index contributed by atoms with van der Waals surface area (Å²) in [7, 11) is 3.29. The molecular formula is C20H25N3O2. The van der Waals surface area contributed by atoms with Gasteiger partial charge < -0.3 is 14.4 Å².